The van der Waals surface area contributed by atoms with Crippen molar-refractivity contribution >= 4 is 17.5 Å². The van der Waals surface area contributed by atoms with Crippen LogP contribution >= 0.6 is 0 Å². The lowest BCUT2D eigenvalue weighted by atomic mass is 10.0. The Labute approximate surface area is 151 Å². The van der Waals surface area contributed by atoms with Crippen molar-refractivity contribution in [2.75, 3.05) is 19.6 Å². The zero-order valence-corrected chi connectivity index (χ0v) is 14.7. The summed E-state index contributed by atoms with van der Waals surface area (Å²) in [5.74, 6) is -0.879. The van der Waals surface area contributed by atoms with Gasteiger partial charge in [-0.05, 0) is 36.1 Å². The van der Waals surface area contributed by atoms with Crippen molar-refractivity contribution in [1.82, 2.24) is 20.5 Å². The number of nitriles is 1. The number of carbonyl (C=O) groups is 2. The van der Waals surface area contributed by atoms with Gasteiger partial charge in [-0.2, -0.15) is 9.65 Å². The molecule has 1 aliphatic rings. The lowest BCUT2D eigenvalue weighted by Crippen LogP contribution is -2.52. The fraction of sp³-hybridized carbons (Fsp3) is 0.444. The molecule has 0 aromatic carbocycles. The van der Waals surface area contributed by atoms with E-state index in [-0.39, 0.29) is 18.5 Å². The van der Waals surface area contributed by atoms with Crippen molar-refractivity contribution in [2.24, 2.45) is 0 Å². The van der Waals surface area contributed by atoms with Crippen LogP contribution in [0.15, 0.2) is 24.4 Å². The second-order valence-corrected chi connectivity index (χ2v) is 5.96. The summed E-state index contributed by atoms with van der Waals surface area (Å²) in [7, 11) is 0. The fourth-order valence-electron chi connectivity index (χ4n) is 2.73. The first kappa shape index (κ1) is 19.4. The van der Waals surface area contributed by atoms with Crippen LogP contribution in [-0.2, 0) is 4.79 Å². The number of urea groups is 1. The average molecular weight is 359 g/mol. The molecule has 26 heavy (non-hydrogen) atoms. The van der Waals surface area contributed by atoms with Crippen LogP contribution in [0.5, 0.6) is 0 Å². The van der Waals surface area contributed by atoms with Gasteiger partial charge in [0.15, 0.2) is 0 Å². The number of aromatic nitrogens is 1. The smallest absolute Gasteiger partial charge is 0.318 e. The van der Waals surface area contributed by atoms with Crippen molar-refractivity contribution in [2.45, 2.75) is 32.2 Å². The fourth-order valence-corrected chi connectivity index (χ4v) is 2.73. The summed E-state index contributed by atoms with van der Waals surface area (Å²) in [5, 5.41) is 13.8. The van der Waals surface area contributed by atoms with E-state index in [1.165, 1.54) is 12.3 Å². The minimum absolute atomic E-state index is 0.0869. The molecule has 1 aliphatic heterocycles. The molecule has 1 atom stereocenters. The maximum absolute atomic E-state index is 12.9. The van der Waals surface area contributed by atoms with Gasteiger partial charge in [-0.15, -0.1) is 0 Å². The van der Waals surface area contributed by atoms with Crippen molar-refractivity contribution in [3.8, 4) is 6.07 Å². The second kappa shape index (κ2) is 9.51. The van der Waals surface area contributed by atoms with Crippen molar-refractivity contribution < 1.29 is 14.0 Å². The molecule has 2 heterocycles. The molecule has 0 spiro atoms. The Kier molecular flexibility index (Phi) is 7.09. The number of rotatable bonds is 6. The third kappa shape index (κ3) is 5.28. The van der Waals surface area contributed by atoms with Crippen LogP contribution in [0.25, 0.3) is 5.57 Å². The zero-order chi connectivity index (χ0) is 18.9. The molecule has 8 heteroatoms. The van der Waals surface area contributed by atoms with Gasteiger partial charge < -0.3 is 15.5 Å². The Balaban J connectivity index is 1.94. The van der Waals surface area contributed by atoms with E-state index in [9.17, 15) is 14.0 Å². The van der Waals surface area contributed by atoms with Gasteiger partial charge in [0.1, 0.15) is 12.6 Å². The number of hydrogen-bond donors (Lipinski definition) is 2. The summed E-state index contributed by atoms with van der Waals surface area (Å²) in [6.45, 7) is 2.73. The Morgan fingerprint density at radius 3 is 2.85 bits per heavy atom. The van der Waals surface area contributed by atoms with Crippen LogP contribution in [0, 0.1) is 17.3 Å². The molecule has 0 saturated carbocycles. The van der Waals surface area contributed by atoms with Crippen molar-refractivity contribution in [3.63, 3.8) is 0 Å². The lowest BCUT2D eigenvalue weighted by molar-refractivity contribution is -0.122. The van der Waals surface area contributed by atoms with Crippen molar-refractivity contribution in [3.05, 3.63) is 35.9 Å². The van der Waals surface area contributed by atoms with Crippen LogP contribution in [0.2, 0.25) is 0 Å². The van der Waals surface area contributed by atoms with E-state index in [4.69, 9.17) is 5.26 Å². The van der Waals surface area contributed by atoms with Gasteiger partial charge in [0.25, 0.3) is 0 Å². The largest absolute Gasteiger partial charge is 0.341 e. The van der Waals surface area contributed by atoms with Gasteiger partial charge in [-0.25, -0.2) is 9.78 Å². The van der Waals surface area contributed by atoms with Gasteiger partial charge in [-0.3, -0.25) is 4.79 Å². The summed E-state index contributed by atoms with van der Waals surface area (Å²) in [6, 6.07) is 3.85. The molecule has 0 saturated heterocycles. The molecule has 2 N–H and O–H groups in total. The van der Waals surface area contributed by atoms with Gasteiger partial charge >= 0.3 is 6.03 Å². The van der Waals surface area contributed by atoms with Gasteiger partial charge in [0.2, 0.25) is 11.9 Å². The first-order valence-corrected chi connectivity index (χ1v) is 8.56. The predicted molar refractivity (Wildman–Crippen MR) is 94.2 cm³/mol. The highest BCUT2D eigenvalue weighted by Crippen LogP contribution is 2.21. The molecule has 3 amide bonds. The topological polar surface area (TPSA) is 98.1 Å². The molecule has 1 aromatic heterocycles. The number of nitrogens with zero attached hydrogens (tertiary/aromatic N) is 3. The third-order valence-electron chi connectivity index (χ3n) is 4.13. The van der Waals surface area contributed by atoms with Crippen LogP contribution < -0.4 is 10.6 Å². The summed E-state index contributed by atoms with van der Waals surface area (Å²) >= 11 is 0. The van der Waals surface area contributed by atoms with Crippen molar-refractivity contribution in [1.29, 1.82) is 5.26 Å². The minimum atomic E-state index is -0.660. The summed E-state index contributed by atoms with van der Waals surface area (Å²) in [4.78, 5) is 29.7. The highest BCUT2D eigenvalue weighted by molar-refractivity contribution is 5.87. The number of carbonyl (C=O) groups excluding carboxylic acids is 2. The molecule has 7 nitrogen and oxygen atoms in total. The summed E-state index contributed by atoms with van der Waals surface area (Å²) in [6.07, 6.45) is 5.24. The van der Waals surface area contributed by atoms with E-state index in [1.54, 1.807) is 11.0 Å². The first-order chi connectivity index (χ1) is 12.5. The number of amides is 3. The minimum Gasteiger partial charge on any atom is -0.341 e. The molecule has 0 fully saturated rings. The number of halogens is 1. The van der Waals surface area contributed by atoms with Crippen LogP contribution in [0.4, 0.5) is 9.18 Å². The molecule has 0 radical (unpaired) electrons. The highest BCUT2D eigenvalue weighted by Gasteiger charge is 2.24. The van der Waals surface area contributed by atoms with Crippen LogP contribution in [0.3, 0.4) is 0 Å². The first-order valence-electron chi connectivity index (χ1n) is 8.56. The van der Waals surface area contributed by atoms with Crippen LogP contribution in [0.1, 0.15) is 31.7 Å². The summed E-state index contributed by atoms with van der Waals surface area (Å²) in [5.41, 5.74) is 1.85. The van der Waals surface area contributed by atoms with E-state index in [0.29, 0.717) is 25.9 Å². The third-order valence-corrected chi connectivity index (χ3v) is 4.13. The molecule has 138 valence electrons. The van der Waals surface area contributed by atoms with E-state index in [1.807, 2.05) is 19.1 Å². The van der Waals surface area contributed by atoms with Gasteiger partial charge in [0.05, 0.1) is 6.07 Å². The maximum atomic E-state index is 12.9. The van der Waals surface area contributed by atoms with E-state index in [0.717, 1.165) is 17.6 Å². The second-order valence-electron chi connectivity index (χ2n) is 5.96. The van der Waals surface area contributed by atoms with E-state index < -0.39 is 12.0 Å². The quantitative estimate of drug-likeness (QED) is 0.598. The number of hydrogen-bond acceptors (Lipinski definition) is 4. The number of nitrogens with one attached hydrogen (secondary N) is 2. The predicted octanol–water partition coefficient (Wildman–Crippen LogP) is 1.83. The number of pyridine rings is 1. The lowest BCUT2D eigenvalue weighted by Gasteiger charge is -2.28. The molecule has 1 aromatic rings. The van der Waals surface area contributed by atoms with Crippen LogP contribution in [-0.4, -0.2) is 47.5 Å². The molecule has 0 bridgehead atoms. The molecule has 2 rings (SSSR count). The summed E-state index contributed by atoms with van der Waals surface area (Å²) < 4.78 is 12.9. The molecule has 1 unspecified atom stereocenters. The van der Waals surface area contributed by atoms with Gasteiger partial charge in [-0.1, -0.05) is 19.4 Å². The van der Waals surface area contributed by atoms with Gasteiger partial charge in [0, 0.05) is 19.3 Å². The molecular formula is C18H22FN5O2. The van der Waals surface area contributed by atoms with E-state index in [2.05, 4.69) is 15.6 Å². The zero-order valence-electron chi connectivity index (χ0n) is 14.7. The average Bonchev–Trinajstić information content (AvgIpc) is 2.66. The Morgan fingerprint density at radius 1 is 1.46 bits per heavy atom. The molecule has 0 aliphatic carbocycles. The Bertz CT molecular complexity index is 711. The Hall–Kier alpha value is -2.95. The maximum Gasteiger partial charge on any atom is 0.318 e. The Morgan fingerprint density at radius 2 is 2.27 bits per heavy atom. The highest BCUT2D eigenvalue weighted by atomic mass is 19.1. The normalized spacial score (nSPS) is 14.8. The molecular weight excluding hydrogens is 337 g/mol. The monoisotopic (exact) mass is 359 g/mol. The SMILES string of the molecule is CCCC(NC(=O)N1CC=C(c2ccc(F)nc2)CC1)C(=O)NCC#N. The van der Waals surface area contributed by atoms with E-state index >= 15 is 0 Å². The standard InChI is InChI=1S/C18H22FN5O2/c1-2-3-15(17(25)21-9-8-20)23-18(26)24-10-6-13(7-11-24)14-4-5-16(19)22-12-14/h4-6,12,15H,2-3,7,9-11H2,1H3,(H,21,25)(H,23,26).